The van der Waals surface area contributed by atoms with Crippen LogP contribution in [-0.4, -0.2) is 0 Å². The van der Waals surface area contributed by atoms with Crippen LogP contribution in [0.2, 0.25) is 0 Å². The minimum Gasteiger partial charge on any atom is -0.398 e. The van der Waals surface area contributed by atoms with E-state index >= 15 is 0 Å². The van der Waals surface area contributed by atoms with Crippen molar-refractivity contribution in [3.05, 3.63) is 100 Å². The molecule has 3 heteroatoms. The molecule has 0 saturated carbocycles. The van der Waals surface area contributed by atoms with Gasteiger partial charge in [-0.15, -0.1) is 0 Å². The number of anilines is 1. The molecule has 3 aromatic rings. The van der Waals surface area contributed by atoms with Crippen LogP contribution < -0.4 is 5.73 Å². The molecule has 0 amide bonds. The predicted molar refractivity (Wildman–Crippen MR) is 98.6 cm³/mol. The van der Waals surface area contributed by atoms with E-state index in [0.717, 1.165) is 34.4 Å². The lowest BCUT2D eigenvalue weighted by molar-refractivity contribution is 0.627. The van der Waals surface area contributed by atoms with Crippen LogP contribution in [0.15, 0.2) is 60.7 Å². The smallest absolute Gasteiger partial charge is 0.123 e. The van der Waals surface area contributed by atoms with Crippen molar-refractivity contribution in [1.29, 1.82) is 0 Å². The molecule has 3 rings (SSSR count). The van der Waals surface area contributed by atoms with Gasteiger partial charge in [0.1, 0.15) is 11.6 Å². The van der Waals surface area contributed by atoms with Crippen LogP contribution in [0.1, 0.15) is 34.7 Å². The maximum Gasteiger partial charge on any atom is 0.123 e. The Hall–Kier alpha value is -2.68. The quantitative estimate of drug-likeness (QED) is 0.629. The molecule has 3 aromatic carbocycles. The van der Waals surface area contributed by atoms with E-state index in [0.29, 0.717) is 12.8 Å². The SMILES string of the molecule is CCc1cc(Cc2ccc(F)cc2)c(N)c(Cc2ccc(F)cc2)c1. The lowest BCUT2D eigenvalue weighted by Crippen LogP contribution is -2.04. The molecule has 0 heterocycles. The molecule has 1 nitrogen and oxygen atoms in total. The molecule has 2 N–H and O–H groups in total. The summed E-state index contributed by atoms with van der Waals surface area (Å²) in [4.78, 5) is 0. The zero-order valence-electron chi connectivity index (χ0n) is 14.2. The second-order valence-electron chi connectivity index (χ2n) is 6.29. The Bertz CT molecular complexity index is 784. The van der Waals surface area contributed by atoms with E-state index in [2.05, 4.69) is 19.1 Å². The first-order valence-corrected chi connectivity index (χ1v) is 8.44. The van der Waals surface area contributed by atoms with E-state index in [-0.39, 0.29) is 11.6 Å². The largest absolute Gasteiger partial charge is 0.398 e. The van der Waals surface area contributed by atoms with Crippen molar-refractivity contribution in [2.24, 2.45) is 0 Å². The van der Waals surface area contributed by atoms with Crippen molar-refractivity contribution >= 4 is 5.69 Å². The third kappa shape index (κ3) is 4.24. The highest BCUT2D eigenvalue weighted by molar-refractivity contribution is 5.58. The minimum absolute atomic E-state index is 0.240. The van der Waals surface area contributed by atoms with Crippen LogP contribution in [0.3, 0.4) is 0 Å². The van der Waals surface area contributed by atoms with E-state index in [4.69, 9.17) is 5.73 Å². The van der Waals surface area contributed by atoms with E-state index < -0.39 is 0 Å². The zero-order valence-corrected chi connectivity index (χ0v) is 14.2. The van der Waals surface area contributed by atoms with Crippen LogP contribution in [-0.2, 0) is 19.3 Å². The van der Waals surface area contributed by atoms with Gasteiger partial charge in [0, 0.05) is 5.69 Å². The Labute approximate surface area is 147 Å². The van der Waals surface area contributed by atoms with Gasteiger partial charge in [0.15, 0.2) is 0 Å². The second-order valence-corrected chi connectivity index (χ2v) is 6.29. The Balaban J connectivity index is 1.92. The number of hydrogen-bond donors (Lipinski definition) is 1. The average molecular weight is 337 g/mol. The fourth-order valence-corrected chi connectivity index (χ4v) is 2.99. The molecule has 0 bridgehead atoms. The van der Waals surface area contributed by atoms with Crippen LogP contribution in [0, 0.1) is 11.6 Å². The summed E-state index contributed by atoms with van der Waals surface area (Å²) in [5, 5.41) is 0. The summed E-state index contributed by atoms with van der Waals surface area (Å²) in [6.07, 6.45) is 2.24. The van der Waals surface area contributed by atoms with Crippen LogP contribution in [0.4, 0.5) is 14.5 Å². The van der Waals surface area contributed by atoms with Gasteiger partial charge in [-0.1, -0.05) is 43.3 Å². The molecule has 0 aromatic heterocycles. The summed E-state index contributed by atoms with van der Waals surface area (Å²) in [6.45, 7) is 2.11. The summed E-state index contributed by atoms with van der Waals surface area (Å²) in [5.74, 6) is -0.480. The fourth-order valence-electron chi connectivity index (χ4n) is 2.99. The number of hydrogen-bond acceptors (Lipinski definition) is 1. The van der Waals surface area contributed by atoms with Gasteiger partial charge in [0.2, 0.25) is 0 Å². The first kappa shape index (κ1) is 17.2. The van der Waals surface area contributed by atoms with Gasteiger partial charge in [-0.05, 0) is 71.3 Å². The van der Waals surface area contributed by atoms with Crippen molar-refractivity contribution < 1.29 is 8.78 Å². The zero-order chi connectivity index (χ0) is 17.8. The second kappa shape index (κ2) is 7.47. The Morgan fingerprint density at radius 3 is 1.44 bits per heavy atom. The van der Waals surface area contributed by atoms with E-state index in [9.17, 15) is 8.78 Å². The molecule has 128 valence electrons. The molecule has 0 atom stereocenters. The lowest BCUT2D eigenvalue weighted by atomic mass is 9.93. The van der Waals surface area contributed by atoms with Crippen LogP contribution in [0.25, 0.3) is 0 Å². The number of nitrogens with two attached hydrogens (primary N) is 1. The number of nitrogen functional groups attached to an aromatic ring is 1. The van der Waals surface area contributed by atoms with Gasteiger partial charge in [-0.3, -0.25) is 0 Å². The highest BCUT2D eigenvalue weighted by Gasteiger charge is 2.10. The monoisotopic (exact) mass is 337 g/mol. The van der Waals surface area contributed by atoms with Gasteiger partial charge in [-0.25, -0.2) is 8.78 Å². The summed E-state index contributed by atoms with van der Waals surface area (Å²) in [7, 11) is 0. The van der Waals surface area contributed by atoms with Crippen LogP contribution in [0.5, 0.6) is 0 Å². The molecule has 0 spiro atoms. The lowest BCUT2D eigenvalue weighted by Gasteiger charge is -2.14. The molecule has 0 aliphatic rings. The predicted octanol–water partition coefficient (Wildman–Crippen LogP) is 5.29. The molecule has 0 unspecified atom stereocenters. The maximum absolute atomic E-state index is 13.1. The van der Waals surface area contributed by atoms with Gasteiger partial charge in [-0.2, -0.15) is 0 Å². The van der Waals surface area contributed by atoms with Gasteiger partial charge in [0.25, 0.3) is 0 Å². The molecule has 0 fully saturated rings. The van der Waals surface area contributed by atoms with Crippen molar-refractivity contribution in [2.45, 2.75) is 26.2 Å². The van der Waals surface area contributed by atoms with Gasteiger partial charge in [0.05, 0.1) is 0 Å². The summed E-state index contributed by atoms with van der Waals surface area (Å²) >= 11 is 0. The third-order valence-corrected chi connectivity index (χ3v) is 4.44. The van der Waals surface area contributed by atoms with Gasteiger partial charge < -0.3 is 5.73 Å². The van der Waals surface area contributed by atoms with Crippen molar-refractivity contribution in [2.75, 3.05) is 5.73 Å². The van der Waals surface area contributed by atoms with Crippen molar-refractivity contribution in [3.63, 3.8) is 0 Å². The fraction of sp³-hybridized carbons (Fsp3) is 0.182. The van der Waals surface area contributed by atoms with Gasteiger partial charge >= 0.3 is 0 Å². The Morgan fingerprint density at radius 2 is 1.08 bits per heavy atom. The normalized spacial score (nSPS) is 10.8. The number of halogens is 2. The summed E-state index contributed by atoms with van der Waals surface area (Å²) < 4.78 is 26.2. The molecule has 25 heavy (non-hydrogen) atoms. The minimum atomic E-state index is -0.240. The van der Waals surface area contributed by atoms with E-state index in [1.54, 1.807) is 24.3 Å². The topological polar surface area (TPSA) is 26.0 Å². The summed E-state index contributed by atoms with van der Waals surface area (Å²) in [6, 6.07) is 17.2. The Kier molecular flexibility index (Phi) is 5.13. The highest BCUT2D eigenvalue weighted by Crippen LogP contribution is 2.26. The maximum atomic E-state index is 13.1. The van der Waals surface area contributed by atoms with E-state index in [1.165, 1.54) is 29.8 Å². The number of benzene rings is 3. The number of rotatable bonds is 5. The summed E-state index contributed by atoms with van der Waals surface area (Å²) in [5.41, 5.74) is 12.5. The first-order valence-electron chi connectivity index (χ1n) is 8.44. The van der Waals surface area contributed by atoms with E-state index in [1.807, 2.05) is 0 Å². The van der Waals surface area contributed by atoms with Crippen molar-refractivity contribution in [3.8, 4) is 0 Å². The van der Waals surface area contributed by atoms with Crippen LogP contribution >= 0.6 is 0 Å². The molecular formula is C22H21F2N. The molecule has 0 saturated heterocycles. The molecule has 0 radical (unpaired) electrons. The molecule has 0 aliphatic heterocycles. The average Bonchev–Trinajstić information content (AvgIpc) is 2.62. The molecular weight excluding hydrogens is 316 g/mol. The highest BCUT2D eigenvalue weighted by atomic mass is 19.1. The Morgan fingerprint density at radius 1 is 0.680 bits per heavy atom. The molecule has 0 aliphatic carbocycles. The first-order chi connectivity index (χ1) is 12.0. The third-order valence-electron chi connectivity index (χ3n) is 4.44. The standard InChI is InChI=1S/C22H21F2N/c1-2-15-11-18(13-16-3-7-20(23)8-4-16)22(25)19(12-15)14-17-5-9-21(24)10-6-17/h3-12H,2,13-14,25H2,1H3. The van der Waals surface area contributed by atoms with Crippen molar-refractivity contribution in [1.82, 2.24) is 0 Å². The number of aryl methyl sites for hydroxylation is 1.